The number of hydrogen-bond donors (Lipinski definition) is 5. The van der Waals surface area contributed by atoms with Gasteiger partial charge < -0.3 is 5.21 Å². The molecule has 1 rings (SSSR count). The maximum atomic E-state index is 8.50. The lowest BCUT2D eigenvalue weighted by atomic mass is 10.1. The summed E-state index contributed by atoms with van der Waals surface area (Å²) in [7, 11) is 0. The van der Waals surface area contributed by atoms with Crippen LogP contribution in [0.2, 0.25) is 0 Å². The molecule has 0 radical (unpaired) electrons. The Balaban J connectivity index is 2.52. The first-order chi connectivity index (χ1) is 6.06. The van der Waals surface area contributed by atoms with E-state index >= 15 is 0 Å². The monoisotopic (exact) mass is 203 g/mol. The van der Waals surface area contributed by atoms with Crippen LogP contribution in [0.15, 0.2) is 5.16 Å². The van der Waals surface area contributed by atoms with Gasteiger partial charge in [0, 0.05) is 6.42 Å². The SMILES string of the molecule is C/C(CC1(C)NNC(=S)NN1)=N\O. The smallest absolute Gasteiger partial charge is 0.195 e. The van der Waals surface area contributed by atoms with Crippen LogP contribution in [-0.2, 0) is 0 Å². The Morgan fingerprint density at radius 3 is 2.54 bits per heavy atom. The molecule has 0 atom stereocenters. The summed E-state index contributed by atoms with van der Waals surface area (Å²) in [5.74, 6) is 0. The summed E-state index contributed by atoms with van der Waals surface area (Å²) in [5, 5.41) is 12.1. The molecule has 6 nitrogen and oxygen atoms in total. The van der Waals surface area contributed by atoms with Crippen molar-refractivity contribution in [3.8, 4) is 0 Å². The topological polar surface area (TPSA) is 80.7 Å². The highest BCUT2D eigenvalue weighted by Gasteiger charge is 2.28. The molecule has 0 spiro atoms. The summed E-state index contributed by atoms with van der Waals surface area (Å²) < 4.78 is 0. The number of nitrogens with one attached hydrogen (secondary N) is 4. The van der Waals surface area contributed by atoms with Crippen molar-refractivity contribution in [2.75, 3.05) is 0 Å². The predicted molar refractivity (Wildman–Crippen MR) is 53.1 cm³/mol. The van der Waals surface area contributed by atoms with Gasteiger partial charge in [0.25, 0.3) is 0 Å². The molecule has 1 saturated heterocycles. The van der Waals surface area contributed by atoms with Gasteiger partial charge in [0.2, 0.25) is 0 Å². The van der Waals surface area contributed by atoms with Crippen LogP contribution in [0.4, 0.5) is 0 Å². The first kappa shape index (κ1) is 10.2. The Morgan fingerprint density at radius 1 is 1.54 bits per heavy atom. The van der Waals surface area contributed by atoms with E-state index in [4.69, 9.17) is 17.4 Å². The van der Waals surface area contributed by atoms with Gasteiger partial charge in [0.15, 0.2) is 5.11 Å². The maximum absolute atomic E-state index is 8.50. The second-order valence-corrected chi connectivity index (χ2v) is 3.58. The normalized spacial score (nSPS) is 22.0. The lowest BCUT2D eigenvalue weighted by Gasteiger charge is -2.37. The summed E-state index contributed by atoms with van der Waals surface area (Å²) in [6.07, 6.45) is 0.548. The number of hydrazine groups is 2. The quantitative estimate of drug-likeness (QED) is 0.179. The van der Waals surface area contributed by atoms with Crippen LogP contribution in [-0.4, -0.2) is 21.7 Å². The molecule has 0 unspecified atom stereocenters. The molecule has 0 aliphatic carbocycles. The van der Waals surface area contributed by atoms with Crippen LogP contribution in [0, 0.1) is 0 Å². The molecule has 0 aromatic heterocycles. The molecule has 0 bridgehead atoms. The molecule has 1 fully saturated rings. The fourth-order valence-electron chi connectivity index (χ4n) is 1.09. The van der Waals surface area contributed by atoms with Gasteiger partial charge in [-0.1, -0.05) is 5.16 Å². The highest BCUT2D eigenvalue weighted by atomic mass is 32.1. The van der Waals surface area contributed by atoms with Gasteiger partial charge in [0.05, 0.1) is 5.71 Å². The van der Waals surface area contributed by atoms with Gasteiger partial charge in [-0.05, 0) is 26.1 Å². The van der Waals surface area contributed by atoms with E-state index in [-0.39, 0.29) is 0 Å². The predicted octanol–water partition coefficient (Wildman–Crippen LogP) is -0.570. The minimum atomic E-state index is -0.418. The molecule has 7 heteroatoms. The lowest BCUT2D eigenvalue weighted by Crippen LogP contribution is -2.73. The Kier molecular flexibility index (Phi) is 3.02. The second kappa shape index (κ2) is 3.86. The zero-order chi connectivity index (χ0) is 9.90. The average molecular weight is 203 g/mol. The zero-order valence-corrected chi connectivity index (χ0v) is 8.33. The largest absolute Gasteiger partial charge is 0.411 e. The van der Waals surface area contributed by atoms with Crippen LogP contribution in [0.25, 0.3) is 0 Å². The zero-order valence-electron chi connectivity index (χ0n) is 7.51. The van der Waals surface area contributed by atoms with Crippen molar-refractivity contribution < 1.29 is 5.21 Å². The van der Waals surface area contributed by atoms with E-state index in [2.05, 4.69) is 26.9 Å². The van der Waals surface area contributed by atoms with Crippen molar-refractivity contribution in [2.45, 2.75) is 25.9 Å². The molecule has 1 aliphatic heterocycles. The van der Waals surface area contributed by atoms with Crippen LogP contribution in [0.1, 0.15) is 20.3 Å². The second-order valence-electron chi connectivity index (χ2n) is 3.17. The Labute approximate surface area is 81.7 Å². The van der Waals surface area contributed by atoms with Crippen molar-refractivity contribution in [2.24, 2.45) is 5.16 Å². The van der Waals surface area contributed by atoms with E-state index in [1.54, 1.807) is 6.92 Å². The fourth-order valence-corrected chi connectivity index (χ4v) is 1.19. The van der Waals surface area contributed by atoms with E-state index in [1.807, 2.05) is 6.92 Å². The molecule has 1 heterocycles. The van der Waals surface area contributed by atoms with Gasteiger partial charge in [-0.15, -0.1) is 0 Å². The highest BCUT2D eigenvalue weighted by Crippen LogP contribution is 2.06. The molecule has 0 saturated carbocycles. The van der Waals surface area contributed by atoms with Gasteiger partial charge in [-0.3, -0.25) is 10.9 Å². The molecule has 13 heavy (non-hydrogen) atoms. The van der Waals surface area contributed by atoms with E-state index in [0.717, 1.165) is 0 Å². The van der Waals surface area contributed by atoms with Crippen LogP contribution in [0.5, 0.6) is 0 Å². The Bertz CT molecular complexity index is 231. The van der Waals surface area contributed by atoms with Crippen LogP contribution < -0.4 is 21.7 Å². The molecule has 5 N–H and O–H groups in total. The van der Waals surface area contributed by atoms with E-state index in [0.29, 0.717) is 17.2 Å². The van der Waals surface area contributed by atoms with E-state index < -0.39 is 5.66 Å². The molecule has 74 valence electrons. The van der Waals surface area contributed by atoms with Gasteiger partial charge in [-0.2, -0.15) is 0 Å². The Hall–Kier alpha value is -0.920. The average Bonchev–Trinajstić information content (AvgIpc) is 2.10. The van der Waals surface area contributed by atoms with Crippen LogP contribution >= 0.6 is 12.2 Å². The summed E-state index contributed by atoms with van der Waals surface area (Å²) >= 11 is 4.82. The summed E-state index contributed by atoms with van der Waals surface area (Å²) in [6.45, 7) is 3.64. The molecule has 1 aliphatic rings. The number of nitrogens with zero attached hydrogens (tertiary/aromatic N) is 1. The molecule has 0 aromatic carbocycles. The fraction of sp³-hybridized carbons (Fsp3) is 0.667. The van der Waals surface area contributed by atoms with Crippen molar-refractivity contribution >= 4 is 23.0 Å². The summed E-state index contributed by atoms with van der Waals surface area (Å²) in [6, 6.07) is 0. The maximum Gasteiger partial charge on any atom is 0.195 e. The lowest BCUT2D eigenvalue weighted by molar-refractivity contribution is 0.231. The summed E-state index contributed by atoms with van der Waals surface area (Å²) in [4.78, 5) is 0. The number of hydrogen-bond acceptors (Lipinski definition) is 5. The molecule has 0 amide bonds. The number of rotatable bonds is 2. The molecular weight excluding hydrogens is 190 g/mol. The first-order valence-corrected chi connectivity index (χ1v) is 4.24. The highest BCUT2D eigenvalue weighted by molar-refractivity contribution is 7.80. The number of oxime groups is 1. The summed E-state index contributed by atoms with van der Waals surface area (Å²) in [5.41, 5.74) is 11.7. The Morgan fingerprint density at radius 2 is 2.08 bits per heavy atom. The minimum absolute atomic E-state index is 0.418. The third kappa shape index (κ3) is 2.79. The van der Waals surface area contributed by atoms with Gasteiger partial charge in [0.1, 0.15) is 5.66 Å². The van der Waals surface area contributed by atoms with Crippen molar-refractivity contribution in [1.82, 2.24) is 21.7 Å². The number of thiocarbonyl (C=S) groups is 1. The van der Waals surface area contributed by atoms with Crippen LogP contribution in [0.3, 0.4) is 0 Å². The van der Waals surface area contributed by atoms with Crippen molar-refractivity contribution in [3.63, 3.8) is 0 Å². The van der Waals surface area contributed by atoms with Crippen molar-refractivity contribution in [1.29, 1.82) is 0 Å². The minimum Gasteiger partial charge on any atom is -0.411 e. The van der Waals surface area contributed by atoms with Gasteiger partial charge >= 0.3 is 0 Å². The molecule has 0 aromatic rings. The first-order valence-electron chi connectivity index (χ1n) is 3.83. The third-order valence-electron chi connectivity index (χ3n) is 1.68. The van der Waals surface area contributed by atoms with Crippen molar-refractivity contribution in [3.05, 3.63) is 0 Å². The third-order valence-corrected chi connectivity index (χ3v) is 1.89. The van der Waals surface area contributed by atoms with Gasteiger partial charge in [-0.25, -0.2) is 10.9 Å². The van der Waals surface area contributed by atoms with E-state index in [1.165, 1.54) is 0 Å². The standard InChI is InChI=1S/C6H13N5OS/c1-4(9-12)3-6(2)10-7-5(13)8-11-6/h10-12H,3H2,1-2H3,(H2,7,8,13)/b9-4+. The van der Waals surface area contributed by atoms with E-state index in [9.17, 15) is 0 Å². The molecular formula is C6H13N5OS.